The second-order valence-corrected chi connectivity index (χ2v) is 5.13. The number of nitrogens with zero attached hydrogens (tertiary/aromatic N) is 1. The van der Waals surface area contributed by atoms with Gasteiger partial charge >= 0.3 is 0 Å². The van der Waals surface area contributed by atoms with E-state index in [1.807, 2.05) is 0 Å². The van der Waals surface area contributed by atoms with Gasteiger partial charge in [-0.1, -0.05) is 31.2 Å². The molecule has 1 fully saturated rings. The maximum atomic E-state index is 3.55. The van der Waals surface area contributed by atoms with E-state index in [2.05, 4.69) is 48.5 Å². The number of benzene rings is 1. The fourth-order valence-electron chi connectivity index (χ4n) is 1.94. The predicted octanol–water partition coefficient (Wildman–Crippen LogP) is 2.43. The Morgan fingerprint density at radius 2 is 1.82 bits per heavy atom. The molecule has 94 valence electrons. The van der Waals surface area contributed by atoms with Gasteiger partial charge in [0.1, 0.15) is 0 Å². The van der Waals surface area contributed by atoms with Crippen molar-refractivity contribution < 1.29 is 0 Å². The van der Waals surface area contributed by atoms with Gasteiger partial charge < -0.3 is 10.2 Å². The molecule has 0 bridgehead atoms. The highest BCUT2D eigenvalue weighted by atomic mass is 15.1. The molecule has 0 amide bonds. The summed E-state index contributed by atoms with van der Waals surface area (Å²) in [6.45, 7) is 5.47. The molecule has 0 heterocycles. The summed E-state index contributed by atoms with van der Waals surface area (Å²) in [7, 11) is 2.16. The Bertz CT molecular complexity index is 327. The van der Waals surface area contributed by atoms with Crippen LogP contribution in [0.4, 0.5) is 0 Å². The second-order valence-electron chi connectivity index (χ2n) is 5.13. The largest absolute Gasteiger partial charge is 0.314 e. The number of hydrogen-bond donors (Lipinski definition) is 1. The number of rotatable bonds is 7. The molecule has 0 unspecified atom stereocenters. The minimum absolute atomic E-state index is 0.826. The van der Waals surface area contributed by atoms with E-state index < -0.39 is 0 Å². The molecule has 1 aliphatic carbocycles. The lowest BCUT2D eigenvalue weighted by atomic mass is 10.1. The van der Waals surface area contributed by atoms with Gasteiger partial charge in [-0.2, -0.15) is 0 Å². The van der Waals surface area contributed by atoms with Crippen LogP contribution in [0.25, 0.3) is 0 Å². The molecular formula is C15H24N2. The molecule has 17 heavy (non-hydrogen) atoms. The summed E-state index contributed by atoms with van der Waals surface area (Å²) in [6, 6.07) is 9.89. The van der Waals surface area contributed by atoms with E-state index in [0.717, 1.165) is 32.1 Å². The summed E-state index contributed by atoms with van der Waals surface area (Å²) in [5.74, 6) is 0. The quantitative estimate of drug-likeness (QED) is 0.777. The van der Waals surface area contributed by atoms with Crippen LogP contribution in [0.15, 0.2) is 24.3 Å². The lowest BCUT2D eigenvalue weighted by Crippen LogP contribution is -2.19. The van der Waals surface area contributed by atoms with Crippen LogP contribution < -0.4 is 5.32 Å². The van der Waals surface area contributed by atoms with Crippen LogP contribution >= 0.6 is 0 Å². The van der Waals surface area contributed by atoms with Gasteiger partial charge in [0, 0.05) is 12.6 Å². The highest BCUT2D eigenvalue weighted by Crippen LogP contribution is 2.18. The molecular weight excluding hydrogens is 208 g/mol. The van der Waals surface area contributed by atoms with E-state index in [1.165, 1.54) is 24.0 Å². The standard InChI is InChI=1S/C15H24N2/c1-3-17(2)12-14-6-4-13(5-7-14)10-11-16-15-8-9-15/h4-7,15-16H,3,8-12H2,1-2H3. The Balaban J connectivity index is 1.75. The minimum Gasteiger partial charge on any atom is -0.314 e. The Labute approximate surface area is 105 Å². The van der Waals surface area contributed by atoms with Gasteiger partial charge in [0.05, 0.1) is 0 Å². The summed E-state index contributed by atoms with van der Waals surface area (Å²) < 4.78 is 0. The van der Waals surface area contributed by atoms with Crippen molar-refractivity contribution in [2.45, 2.75) is 38.8 Å². The molecule has 1 saturated carbocycles. The fraction of sp³-hybridized carbons (Fsp3) is 0.600. The van der Waals surface area contributed by atoms with Gasteiger partial charge in [-0.25, -0.2) is 0 Å². The minimum atomic E-state index is 0.826. The van der Waals surface area contributed by atoms with Gasteiger partial charge in [-0.05, 0) is 50.5 Å². The van der Waals surface area contributed by atoms with Gasteiger partial charge in [0.15, 0.2) is 0 Å². The van der Waals surface area contributed by atoms with E-state index in [9.17, 15) is 0 Å². The van der Waals surface area contributed by atoms with E-state index in [-0.39, 0.29) is 0 Å². The second kappa shape index (κ2) is 6.18. The smallest absolute Gasteiger partial charge is 0.0230 e. The zero-order valence-corrected chi connectivity index (χ0v) is 11.1. The first kappa shape index (κ1) is 12.6. The lowest BCUT2D eigenvalue weighted by Gasteiger charge is -2.14. The van der Waals surface area contributed by atoms with Crippen LogP contribution in [0.2, 0.25) is 0 Å². The molecule has 0 spiro atoms. The third kappa shape index (κ3) is 4.49. The highest BCUT2D eigenvalue weighted by Gasteiger charge is 2.19. The Morgan fingerprint density at radius 3 is 2.41 bits per heavy atom. The van der Waals surface area contributed by atoms with Crippen LogP contribution in [-0.2, 0) is 13.0 Å². The molecule has 0 aromatic heterocycles. The molecule has 1 aromatic carbocycles. The van der Waals surface area contributed by atoms with Crippen molar-refractivity contribution in [1.82, 2.24) is 10.2 Å². The van der Waals surface area contributed by atoms with E-state index >= 15 is 0 Å². The maximum Gasteiger partial charge on any atom is 0.0230 e. The van der Waals surface area contributed by atoms with Gasteiger partial charge in [-0.3, -0.25) is 0 Å². The molecule has 2 heteroatoms. The first-order valence-electron chi connectivity index (χ1n) is 6.77. The topological polar surface area (TPSA) is 15.3 Å². The monoisotopic (exact) mass is 232 g/mol. The van der Waals surface area contributed by atoms with Crippen LogP contribution in [0.5, 0.6) is 0 Å². The van der Waals surface area contributed by atoms with E-state index in [1.54, 1.807) is 0 Å². The van der Waals surface area contributed by atoms with Crippen molar-refractivity contribution in [3.63, 3.8) is 0 Å². The highest BCUT2D eigenvalue weighted by molar-refractivity contribution is 5.22. The van der Waals surface area contributed by atoms with Crippen molar-refractivity contribution in [1.29, 1.82) is 0 Å². The first-order chi connectivity index (χ1) is 8.28. The van der Waals surface area contributed by atoms with E-state index in [0.29, 0.717) is 0 Å². The Morgan fingerprint density at radius 1 is 1.18 bits per heavy atom. The fourth-order valence-corrected chi connectivity index (χ4v) is 1.94. The van der Waals surface area contributed by atoms with Crippen molar-refractivity contribution in [3.8, 4) is 0 Å². The molecule has 1 aliphatic rings. The molecule has 0 atom stereocenters. The van der Waals surface area contributed by atoms with Gasteiger partial charge in [-0.15, -0.1) is 0 Å². The molecule has 0 radical (unpaired) electrons. The SMILES string of the molecule is CCN(C)Cc1ccc(CCNC2CC2)cc1. The van der Waals surface area contributed by atoms with Crippen LogP contribution in [0.1, 0.15) is 30.9 Å². The Hall–Kier alpha value is -0.860. The van der Waals surface area contributed by atoms with Crippen LogP contribution in [0, 0.1) is 0 Å². The summed E-state index contributed by atoms with van der Waals surface area (Å²) in [4.78, 5) is 2.32. The summed E-state index contributed by atoms with van der Waals surface area (Å²) in [5.41, 5.74) is 2.86. The third-order valence-corrected chi connectivity index (χ3v) is 3.44. The molecule has 0 aliphatic heterocycles. The van der Waals surface area contributed by atoms with Crippen LogP contribution in [0.3, 0.4) is 0 Å². The molecule has 2 rings (SSSR count). The van der Waals surface area contributed by atoms with Crippen molar-refractivity contribution >= 4 is 0 Å². The predicted molar refractivity (Wildman–Crippen MR) is 73.2 cm³/mol. The average molecular weight is 232 g/mol. The molecule has 0 saturated heterocycles. The maximum absolute atomic E-state index is 3.55. The number of nitrogens with one attached hydrogen (secondary N) is 1. The van der Waals surface area contributed by atoms with Gasteiger partial charge in [0.2, 0.25) is 0 Å². The summed E-state index contributed by atoms with van der Waals surface area (Å²) >= 11 is 0. The van der Waals surface area contributed by atoms with Gasteiger partial charge in [0.25, 0.3) is 0 Å². The first-order valence-corrected chi connectivity index (χ1v) is 6.77. The zero-order valence-electron chi connectivity index (χ0n) is 11.1. The average Bonchev–Trinajstić information content (AvgIpc) is 3.15. The lowest BCUT2D eigenvalue weighted by molar-refractivity contribution is 0.346. The Kier molecular flexibility index (Phi) is 4.57. The van der Waals surface area contributed by atoms with Crippen molar-refractivity contribution in [2.24, 2.45) is 0 Å². The molecule has 1 N–H and O–H groups in total. The van der Waals surface area contributed by atoms with Crippen LogP contribution in [-0.4, -0.2) is 31.1 Å². The normalized spacial score (nSPS) is 15.5. The van der Waals surface area contributed by atoms with Crippen molar-refractivity contribution in [3.05, 3.63) is 35.4 Å². The third-order valence-electron chi connectivity index (χ3n) is 3.44. The molecule has 2 nitrogen and oxygen atoms in total. The zero-order chi connectivity index (χ0) is 12.1. The molecule has 1 aromatic rings. The summed E-state index contributed by atoms with van der Waals surface area (Å²) in [5, 5.41) is 3.55. The number of hydrogen-bond acceptors (Lipinski definition) is 2. The summed E-state index contributed by atoms with van der Waals surface area (Å²) in [6.07, 6.45) is 3.91. The van der Waals surface area contributed by atoms with Crippen molar-refractivity contribution in [2.75, 3.05) is 20.1 Å². The van der Waals surface area contributed by atoms with E-state index in [4.69, 9.17) is 0 Å².